The molecule has 0 saturated heterocycles. The van der Waals surface area contributed by atoms with Gasteiger partial charge in [-0.15, -0.1) is 0 Å². The summed E-state index contributed by atoms with van der Waals surface area (Å²) in [6.07, 6.45) is 60.9. The maximum atomic E-state index is 2.59. The van der Waals surface area contributed by atoms with E-state index in [9.17, 15) is 0 Å². The fourth-order valence-electron chi connectivity index (χ4n) is 9.85. The fourth-order valence-corrected chi connectivity index (χ4v) is 9.85. The molecule has 0 aromatic rings. The standard InChI is InChI=1S/C54H114N2/c1-9-13-17-21-25-29-35-41-47-53(55(5,6)51-45-39-33-27-23-19-15-11-3)49-43-37-31-32-38-44-50-54(48-42-36-30-26-22-18-14-10-2)56(7,8)52-46-40-34-28-24-20-16-12-4/h53-54H,9-52H2,1-8H3/q+2. The number of nitrogens with zero attached hydrogens (tertiary/aromatic N) is 2. The highest BCUT2D eigenvalue weighted by Crippen LogP contribution is 2.26. The Labute approximate surface area is 358 Å². The zero-order valence-corrected chi connectivity index (χ0v) is 41.2. The van der Waals surface area contributed by atoms with Crippen LogP contribution in [0.3, 0.4) is 0 Å². The molecule has 0 amide bonds. The molecule has 2 nitrogen and oxygen atoms in total. The molecule has 0 bridgehead atoms. The lowest BCUT2D eigenvalue weighted by atomic mass is 9.95. The van der Waals surface area contributed by atoms with E-state index in [1.165, 1.54) is 292 Å². The Bertz CT molecular complexity index is 681. The zero-order chi connectivity index (χ0) is 41.3. The van der Waals surface area contributed by atoms with Gasteiger partial charge < -0.3 is 8.97 Å². The van der Waals surface area contributed by atoms with Crippen LogP contribution < -0.4 is 0 Å². The molecule has 0 rings (SSSR count). The van der Waals surface area contributed by atoms with E-state index in [-0.39, 0.29) is 0 Å². The molecule has 0 aliphatic carbocycles. The van der Waals surface area contributed by atoms with Crippen molar-refractivity contribution in [2.75, 3.05) is 41.3 Å². The minimum absolute atomic E-state index is 0.873. The second-order valence-corrected chi connectivity index (χ2v) is 20.5. The average Bonchev–Trinajstić information content (AvgIpc) is 3.18. The summed E-state index contributed by atoms with van der Waals surface area (Å²) in [4.78, 5) is 0. The van der Waals surface area contributed by atoms with Gasteiger partial charge >= 0.3 is 0 Å². The highest BCUT2D eigenvalue weighted by atomic mass is 15.3. The Morgan fingerprint density at radius 1 is 0.214 bits per heavy atom. The van der Waals surface area contributed by atoms with Crippen molar-refractivity contribution in [2.45, 2.75) is 309 Å². The summed E-state index contributed by atoms with van der Waals surface area (Å²) in [7, 11) is 10.4. The van der Waals surface area contributed by atoms with Gasteiger partial charge in [-0.3, -0.25) is 0 Å². The minimum atomic E-state index is 0.873. The summed E-state index contributed by atoms with van der Waals surface area (Å²) in [5.41, 5.74) is 0. The van der Waals surface area contributed by atoms with Gasteiger partial charge in [-0.1, -0.05) is 220 Å². The highest BCUT2D eigenvalue weighted by Gasteiger charge is 2.28. The van der Waals surface area contributed by atoms with Crippen molar-refractivity contribution in [1.82, 2.24) is 0 Å². The van der Waals surface area contributed by atoms with Gasteiger partial charge in [-0.25, -0.2) is 0 Å². The second-order valence-electron chi connectivity index (χ2n) is 20.5. The molecular weight excluding hydrogens is 677 g/mol. The molecule has 56 heavy (non-hydrogen) atoms. The molecule has 0 radical (unpaired) electrons. The molecule has 0 aromatic heterocycles. The molecular formula is C54H114N2+2. The van der Waals surface area contributed by atoms with E-state index in [4.69, 9.17) is 0 Å². The van der Waals surface area contributed by atoms with E-state index in [1.54, 1.807) is 0 Å². The van der Waals surface area contributed by atoms with Gasteiger partial charge in [0, 0.05) is 0 Å². The van der Waals surface area contributed by atoms with Crippen LogP contribution in [0, 0.1) is 0 Å². The summed E-state index contributed by atoms with van der Waals surface area (Å²) in [6, 6.07) is 1.75. The van der Waals surface area contributed by atoms with Crippen LogP contribution in [-0.4, -0.2) is 62.3 Å². The smallest absolute Gasteiger partial charge is 0.0886 e. The van der Waals surface area contributed by atoms with Crippen molar-refractivity contribution in [3.8, 4) is 0 Å². The monoisotopic (exact) mass is 791 g/mol. The molecule has 0 saturated carbocycles. The third kappa shape index (κ3) is 35.8. The van der Waals surface area contributed by atoms with E-state index in [2.05, 4.69) is 55.9 Å². The lowest BCUT2D eigenvalue weighted by Gasteiger charge is -2.39. The summed E-state index contributed by atoms with van der Waals surface area (Å²) >= 11 is 0. The largest absolute Gasteiger partial charge is 0.326 e. The van der Waals surface area contributed by atoms with Crippen LogP contribution >= 0.6 is 0 Å². The summed E-state index contributed by atoms with van der Waals surface area (Å²) in [5, 5.41) is 0. The summed E-state index contributed by atoms with van der Waals surface area (Å²) in [5.74, 6) is 0. The Morgan fingerprint density at radius 3 is 0.571 bits per heavy atom. The fraction of sp³-hybridized carbons (Fsp3) is 1.00. The summed E-state index contributed by atoms with van der Waals surface area (Å²) < 4.78 is 2.55. The number of hydrogen-bond acceptors (Lipinski definition) is 0. The third-order valence-electron chi connectivity index (χ3n) is 14.3. The van der Waals surface area contributed by atoms with Crippen molar-refractivity contribution in [3.05, 3.63) is 0 Å². The zero-order valence-electron chi connectivity index (χ0n) is 41.2. The molecule has 2 atom stereocenters. The average molecular weight is 792 g/mol. The van der Waals surface area contributed by atoms with E-state index >= 15 is 0 Å². The van der Waals surface area contributed by atoms with E-state index < -0.39 is 0 Å². The predicted molar refractivity (Wildman–Crippen MR) is 258 cm³/mol. The number of unbranched alkanes of at least 4 members (excludes halogenated alkanes) is 33. The lowest BCUT2D eigenvalue weighted by molar-refractivity contribution is -0.916. The molecule has 0 spiro atoms. The molecule has 0 aliphatic heterocycles. The molecule has 0 aromatic carbocycles. The van der Waals surface area contributed by atoms with E-state index in [0.29, 0.717) is 0 Å². The van der Waals surface area contributed by atoms with Crippen molar-refractivity contribution < 1.29 is 8.97 Å². The number of quaternary nitrogens is 2. The van der Waals surface area contributed by atoms with Gasteiger partial charge in [0.2, 0.25) is 0 Å². The highest BCUT2D eigenvalue weighted by molar-refractivity contribution is 4.64. The molecule has 0 N–H and O–H groups in total. The lowest BCUT2D eigenvalue weighted by Crippen LogP contribution is -2.49. The van der Waals surface area contributed by atoms with Crippen LogP contribution in [0.4, 0.5) is 0 Å². The molecule has 2 heteroatoms. The number of hydrogen-bond donors (Lipinski definition) is 0. The van der Waals surface area contributed by atoms with Gasteiger partial charge in [0.05, 0.1) is 53.4 Å². The first-order valence-corrected chi connectivity index (χ1v) is 26.9. The SMILES string of the molecule is CCCCCCCCCCC(CCCCCCCCC(CCCCCCCCCC)[N+](C)(C)CCCCCCCCCC)[N+](C)(C)CCCCCCCCCC. The van der Waals surface area contributed by atoms with Crippen LogP contribution in [0.15, 0.2) is 0 Å². The minimum Gasteiger partial charge on any atom is -0.326 e. The first-order valence-electron chi connectivity index (χ1n) is 26.9. The van der Waals surface area contributed by atoms with Crippen LogP contribution in [0.25, 0.3) is 0 Å². The Balaban J connectivity index is 4.76. The first kappa shape index (κ1) is 55.9. The van der Waals surface area contributed by atoms with E-state index in [0.717, 1.165) is 12.1 Å². The quantitative estimate of drug-likeness (QED) is 0.0425. The maximum Gasteiger partial charge on any atom is 0.0886 e. The normalized spacial score (nSPS) is 13.5. The van der Waals surface area contributed by atoms with Crippen LogP contribution in [-0.2, 0) is 0 Å². The molecule has 0 fully saturated rings. The third-order valence-corrected chi connectivity index (χ3v) is 14.3. The molecule has 0 aliphatic rings. The van der Waals surface area contributed by atoms with Gasteiger partial charge in [0.1, 0.15) is 0 Å². The van der Waals surface area contributed by atoms with Gasteiger partial charge in [-0.2, -0.15) is 0 Å². The first-order chi connectivity index (χ1) is 27.2. The van der Waals surface area contributed by atoms with Crippen molar-refractivity contribution >= 4 is 0 Å². The predicted octanol–water partition coefficient (Wildman–Crippen LogP) is 18.3. The van der Waals surface area contributed by atoms with Gasteiger partial charge in [0.25, 0.3) is 0 Å². The Hall–Kier alpha value is -0.0800. The second kappa shape index (κ2) is 41.6. The Kier molecular flexibility index (Phi) is 41.6. The van der Waals surface area contributed by atoms with Crippen LogP contribution in [0.1, 0.15) is 297 Å². The Morgan fingerprint density at radius 2 is 0.375 bits per heavy atom. The molecule has 0 heterocycles. The molecule has 2 unspecified atom stereocenters. The molecule has 338 valence electrons. The van der Waals surface area contributed by atoms with Crippen molar-refractivity contribution in [3.63, 3.8) is 0 Å². The van der Waals surface area contributed by atoms with Crippen LogP contribution in [0.2, 0.25) is 0 Å². The van der Waals surface area contributed by atoms with Crippen LogP contribution in [0.5, 0.6) is 0 Å². The van der Waals surface area contributed by atoms with Gasteiger partial charge in [-0.05, 0) is 77.0 Å². The summed E-state index contributed by atoms with van der Waals surface area (Å²) in [6.45, 7) is 12.1. The number of rotatable bonds is 47. The van der Waals surface area contributed by atoms with Crippen molar-refractivity contribution in [1.29, 1.82) is 0 Å². The topological polar surface area (TPSA) is 0 Å². The van der Waals surface area contributed by atoms with Gasteiger partial charge in [0.15, 0.2) is 0 Å². The van der Waals surface area contributed by atoms with E-state index in [1.807, 2.05) is 0 Å². The maximum absolute atomic E-state index is 2.59. The van der Waals surface area contributed by atoms with Crippen molar-refractivity contribution in [2.24, 2.45) is 0 Å².